The van der Waals surface area contributed by atoms with Crippen LogP contribution in [0.4, 0.5) is 13.2 Å². The highest BCUT2D eigenvalue weighted by Gasteiger charge is 2.30. The van der Waals surface area contributed by atoms with Crippen LogP contribution < -0.4 is 11.2 Å². The van der Waals surface area contributed by atoms with E-state index in [1.807, 2.05) is 0 Å². The zero-order chi connectivity index (χ0) is 15.6. The van der Waals surface area contributed by atoms with E-state index in [2.05, 4.69) is 4.98 Å². The standard InChI is InChI=1S/C14H13F3N2O2/c1-2-10-8-19(13(21)18-12(10)20)7-9-4-3-5-11(6-9)14(15,16)17/h3-6,8H,2,7H2,1H3,(H,18,20,21). The number of hydrogen-bond donors (Lipinski definition) is 1. The van der Waals surface area contributed by atoms with Crippen LogP contribution in [0.2, 0.25) is 0 Å². The van der Waals surface area contributed by atoms with Crippen LogP contribution in [0.1, 0.15) is 23.6 Å². The van der Waals surface area contributed by atoms with Crippen molar-refractivity contribution in [2.24, 2.45) is 0 Å². The first kappa shape index (κ1) is 15.1. The number of rotatable bonds is 3. The molecule has 1 aromatic carbocycles. The molecule has 1 aromatic heterocycles. The number of aromatic amines is 1. The van der Waals surface area contributed by atoms with Crippen molar-refractivity contribution in [3.8, 4) is 0 Å². The lowest BCUT2D eigenvalue weighted by Crippen LogP contribution is -2.31. The zero-order valence-electron chi connectivity index (χ0n) is 11.2. The van der Waals surface area contributed by atoms with Crippen LogP contribution in [0.15, 0.2) is 40.1 Å². The van der Waals surface area contributed by atoms with Gasteiger partial charge in [0.1, 0.15) is 0 Å². The van der Waals surface area contributed by atoms with Gasteiger partial charge >= 0.3 is 11.9 Å². The zero-order valence-corrected chi connectivity index (χ0v) is 11.2. The number of aromatic nitrogens is 2. The van der Waals surface area contributed by atoms with E-state index in [9.17, 15) is 22.8 Å². The van der Waals surface area contributed by atoms with E-state index in [0.717, 1.165) is 12.1 Å². The van der Waals surface area contributed by atoms with Gasteiger partial charge < -0.3 is 0 Å². The first-order valence-electron chi connectivity index (χ1n) is 6.30. The maximum atomic E-state index is 12.6. The van der Waals surface area contributed by atoms with Gasteiger partial charge in [0.05, 0.1) is 12.1 Å². The maximum Gasteiger partial charge on any atom is 0.416 e. The second-order valence-electron chi connectivity index (χ2n) is 4.59. The highest BCUT2D eigenvalue weighted by molar-refractivity contribution is 5.26. The Kier molecular flexibility index (Phi) is 4.02. The molecule has 0 saturated heterocycles. The van der Waals surface area contributed by atoms with Crippen LogP contribution in [0.25, 0.3) is 0 Å². The average Bonchev–Trinajstić information content (AvgIpc) is 2.41. The highest BCUT2D eigenvalue weighted by atomic mass is 19.4. The molecule has 7 heteroatoms. The molecule has 0 amide bonds. The summed E-state index contributed by atoms with van der Waals surface area (Å²) in [6.45, 7) is 1.72. The number of nitrogens with zero attached hydrogens (tertiary/aromatic N) is 1. The van der Waals surface area contributed by atoms with Crippen molar-refractivity contribution in [1.29, 1.82) is 0 Å². The van der Waals surface area contributed by atoms with Crippen molar-refractivity contribution in [3.63, 3.8) is 0 Å². The molecular formula is C14H13F3N2O2. The van der Waals surface area contributed by atoms with Gasteiger partial charge in [0.15, 0.2) is 0 Å². The molecule has 0 atom stereocenters. The lowest BCUT2D eigenvalue weighted by atomic mass is 10.1. The molecule has 2 rings (SSSR count). The van der Waals surface area contributed by atoms with Gasteiger partial charge in [0.2, 0.25) is 0 Å². The normalized spacial score (nSPS) is 11.6. The lowest BCUT2D eigenvalue weighted by molar-refractivity contribution is -0.137. The molecule has 0 aliphatic carbocycles. The van der Waals surface area contributed by atoms with E-state index < -0.39 is 23.0 Å². The van der Waals surface area contributed by atoms with Crippen molar-refractivity contribution >= 4 is 0 Å². The average molecular weight is 298 g/mol. The Morgan fingerprint density at radius 2 is 1.95 bits per heavy atom. The van der Waals surface area contributed by atoms with E-state index in [1.54, 1.807) is 6.92 Å². The fourth-order valence-corrected chi connectivity index (χ4v) is 1.97. The lowest BCUT2D eigenvalue weighted by Gasteiger charge is -2.10. The fourth-order valence-electron chi connectivity index (χ4n) is 1.97. The predicted octanol–water partition coefficient (Wildman–Crippen LogP) is 2.17. The Balaban J connectivity index is 2.39. The van der Waals surface area contributed by atoms with Gasteiger partial charge in [-0.05, 0) is 24.1 Å². The number of hydrogen-bond acceptors (Lipinski definition) is 2. The SMILES string of the molecule is CCc1cn(Cc2cccc(C(F)(F)F)c2)c(=O)[nH]c1=O. The van der Waals surface area contributed by atoms with Crippen LogP contribution in [0.5, 0.6) is 0 Å². The molecule has 0 aliphatic rings. The monoisotopic (exact) mass is 298 g/mol. The van der Waals surface area contributed by atoms with Gasteiger partial charge in [0.25, 0.3) is 5.56 Å². The quantitative estimate of drug-likeness (QED) is 0.944. The second kappa shape index (κ2) is 5.59. The molecule has 0 fully saturated rings. The second-order valence-corrected chi connectivity index (χ2v) is 4.59. The van der Waals surface area contributed by atoms with Gasteiger partial charge in [0, 0.05) is 11.8 Å². The van der Waals surface area contributed by atoms with E-state index in [1.165, 1.54) is 22.9 Å². The molecule has 0 radical (unpaired) electrons. The summed E-state index contributed by atoms with van der Waals surface area (Å²) >= 11 is 0. The van der Waals surface area contributed by atoms with Gasteiger partial charge in [-0.15, -0.1) is 0 Å². The first-order valence-corrected chi connectivity index (χ1v) is 6.30. The molecule has 0 spiro atoms. The minimum absolute atomic E-state index is 0.0352. The Morgan fingerprint density at radius 3 is 2.57 bits per heavy atom. The minimum Gasteiger partial charge on any atom is -0.296 e. The third-order valence-corrected chi connectivity index (χ3v) is 3.07. The third kappa shape index (κ3) is 3.42. The molecule has 1 N–H and O–H groups in total. The van der Waals surface area contributed by atoms with Crippen molar-refractivity contribution in [2.75, 3.05) is 0 Å². The number of benzene rings is 1. The summed E-state index contributed by atoms with van der Waals surface area (Å²) in [5.74, 6) is 0. The molecular weight excluding hydrogens is 285 g/mol. The van der Waals surface area contributed by atoms with Crippen LogP contribution in [0, 0.1) is 0 Å². The molecule has 2 aromatic rings. The smallest absolute Gasteiger partial charge is 0.296 e. The molecule has 0 aliphatic heterocycles. The topological polar surface area (TPSA) is 54.9 Å². The molecule has 0 saturated carbocycles. The van der Waals surface area contributed by atoms with Crippen LogP contribution in [0.3, 0.4) is 0 Å². The molecule has 112 valence electrons. The van der Waals surface area contributed by atoms with Crippen LogP contribution in [-0.2, 0) is 19.1 Å². The minimum atomic E-state index is -4.43. The molecule has 0 bridgehead atoms. The van der Waals surface area contributed by atoms with E-state index in [4.69, 9.17) is 0 Å². The predicted molar refractivity (Wildman–Crippen MR) is 71.2 cm³/mol. The van der Waals surface area contributed by atoms with E-state index >= 15 is 0 Å². The summed E-state index contributed by atoms with van der Waals surface area (Å²) in [6.07, 6.45) is -2.62. The van der Waals surface area contributed by atoms with Crippen molar-refractivity contribution in [3.05, 3.63) is 68.0 Å². The molecule has 0 unspecified atom stereocenters. The Hall–Kier alpha value is -2.31. The highest BCUT2D eigenvalue weighted by Crippen LogP contribution is 2.29. The molecule has 21 heavy (non-hydrogen) atoms. The largest absolute Gasteiger partial charge is 0.416 e. The third-order valence-electron chi connectivity index (χ3n) is 3.07. The fraction of sp³-hybridized carbons (Fsp3) is 0.286. The maximum absolute atomic E-state index is 12.6. The molecule has 4 nitrogen and oxygen atoms in total. The summed E-state index contributed by atoms with van der Waals surface area (Å²) in [5, 5.41) is 0. The van der Waals surface area contributed by atoms with Crippen molar-refractivity contribution in [2.45, 2.75) is 26.1 Å². The van der Waals surface area contributed by atoms with E-state index in [0.29, 0.717) is 17.5 Å². The van der Waals surface area contributed by atoms with Gasteiger partial charge in [-0.2, -0.15) is 13.2 Å². The van der Waals surface area contributed by atoms with Gasteiger partial charge in [-0.1, -0.05) is 19.1 Å². The summed E-state index contributed by atoms with van der Waals surface area (Å²) in [5.41, 5.74) is -1.15. The van der Waals surface area contributed by atoms with Crippen LogP contribution in [-0.4, -0.2) is 9.55 Å². The number of halogens is 3. The Labute approximate surface area is 117 Å². The van der Waals surface area contributed by atoms with Crippen molar-refractivity contribution in [1.82, 2.24) is 9.55 Å². The summed E-state index contributed by atoms with van der Waals surface area (Å²) < 4.78 is 39.1. The molecule has 1 heterocycles. The van der Waals surface area contributed by atoms with Gasteiger partial charge in [-0.3, -0.25) is 14.3 Å². The summed E-state index contributed by atoms with van der Waals surface area (Å²) in [7, 11) is 0. The van der Waals surface area contributed by atoms with Crippen molar-refractivity contribution < 1.29 is 13.2 Å². The number of alkyl halides is 3. The number of nitrogens with one attached hydrogen (secondary N) is 1. The summed E-state index contributed by atoms with van der Waals surface area (Å²) in [6, 6.07) is 4.74. The number of H-pyrrole nitrogens is 1. The summed E-state index contributed by atoms with van der Waals surface area (Å²) in [4.78, 5) is 25.3. The Bertz CT molecular complexity index is 760. The first-order chi connectivity index (χ1) is 9.81. The van der Waals surface area contributed by atoms with Gasteiger partial charge in [-0.25, -0.2) is 4.79 Å². The van der Waals surface area contributed by atoms with Crippen LogP contribution >= 0.6 is 0 Å². The number of aryl methyl sites for hydroxylation is 1. The Morgan fingerprint density at radius 1 is 1.24 bits per heavy atom. The van der Waals surface area contributed by atoms with E-state index in [-0.39, 0.29) is 6.54 Å².